The van der Waals surface area contributed by atoms with Gasteiger partial charge in [0, 0.05) is 48.2 Å². The Hall–Kier alpha value is -3.33. The van der Waals surface area contributed by atoms with Crippen LogP contribution < -0.4 is 15.4 Å². The number of fused-ring (bicyclic) bond motifs is 2. The van der Waals surface area contributed by atoms with Crippen LogP contribution in [0, 0.1) is 0 Å². The molecule has 0 spiro atoms. The fraction of sp³-hybridized carbons (Fsp3) is 0.259. The third-order valence-corrected chi connectivity index (χ3v) is 7.24. The molecule has 5 rings (SSSR count). The highest BCUT2D eigenvalue weighted by molar-refractivity contribution is 7.97. The smallest absolute Gasteiger partial charge is 0.251 e. The van der Waals surface area contributed by atoms with Crippen molar-refractivity contribution >= 4 is 34.9 Å². The average molecular weight is 487 g/mol. The Balaban J connectivity index is 1.28. The first-order valence-corrected chi connectivity index (χ1v) is 12.8. The lowest BCUT2D eigenvalue weighted by molar-refractivity contribution is 0.0965. The molecule has 0 unspecified atom stereocenters. The van der Waals surface area contributed by atoms with Crippen molar-refractivity contribution in [1.82, 2.24) is 24.3 Å². The van der Waals surface area contributed by atoms with Crippen molar-refractivity contribution in [1.29, 1.82) is 0 Å². The van der Waals surface area contributed by atoms with Crippen LogP contribution in [0.2, 0.25) is 0 Å². The van der Waals surface area contributed by atoms with Gasteiger partial charge in [0.05, 0.1) is 11.4 Å². The first-order valence-electron chi connectivity index (χ1n) is 12.0. The number of carbonyl (C=O) groups excluding carboxylic acids is 1. The van der Waals surface area contributed by atoms with Crippen molar-refractivity contribution < 1.29 is 4.79 Å². The van der Waals surface area contributed by atoms with Gasteiger partial charge in [-0.05, 0) is 84.7 Å². The van der Waals surface area contributed by atoms with E-state index < -0.39 is 0 Å². The van der Waals surface area contributed by atoms with E-state index in [1.807, 2.05) is 24.5 Å². The van der Waals surface area contributed by atoms with Gasteiger partial charge in [-0.2, -0.15) is 0 Å². The highest BCUT2D eigenvalue weighted by Gasteiger charge is 2.19. The third kappa shape index (κ3) is 5.05. The fourth-order valence-electron chi connectivity index (χ4n) is 4.38. The Morgan fingerprint density at radius 2 is 1.91 bits per heavy atom. The summed E-state index contributed by atoms with van der Waals surface area (Å²) in [5.41, 5.74) is 6.69. The molecule has 0 fully saturated rings. The largest absolute Gasteiger partial charge is 0.352 e. The van der Waals surface area contributed by atoms with E-state index >= 15 is 0 Å². The standard InChI is InChI=1S/C27H30N6OS/c1-3-32(4-2)15-14-30-35-22-8-6-21(7-9-22)31-24-11-12-25(33-16-13-28-26(24)33)19-5-10-23-20(17-19)18-29-27(23)34/h5-13,16-17,30-31H,3-4,14-15,18H2,1-2H3,(H,29,34). The Morgan fingerprint density at radius 3 is 2.71 bits per heavy atom. The maximum atomic E-state index is 11.9. The van der Waals surface area contributed by atoms with Gasteiger partial charge in [0.25, 0.3) is 5.91 Å². The van der Waals surface area contributed by atoms with E-state index in [4.69, 9.17) is 0 Å². The Labute approximate surface area is 210 Å². The molecular formula is C27H30N6OS. The highest BCUT2D eigenvalue weighted by atomic mass is 32.2. The number of rotatable bonds is 10. The van der Waals surface area contributed by atoms with Gasteiger partial charge in [-0.1, -0.05) is 19.9 Å². The predicted molar refractivity (Wildman–Crippen MR) is 143 cm³/mol. The summed E-state index contributed by atoms with van der Waals surface area (Å²) in [5.74, 6) is -0.00120. The number of anilines is 2. The zero-order valence-electron chi connectivity index (χ0n) is 20.0. The minimum Gasteiger partial charge on any atom is -0.352 e. The number of aromatic nitrogens is 2. The first-order chi connectivity index (χ1) is 17.2. The van der Waals surface area contributed by atoms with Crippen LogP contribution in [0.15, 0.2) is 71.9 Å². The number of carbonyl (C=O) groups is 1. The molecule has 1 aliphatic rings. The molecule has 1 amide bonds. The number of nitrogens with zero attached hydrogens (tertiary/aromatic N) is 3. The van der Waals surface area contributed by atoms with Gasteiger partial charge in [-0.3, -0.25) is 13.9 Å². The molecule has 0 saturated heterocycles. The molecule has 0 radical (unpaired) electrons. The second kappa shape index (κ2) is 10.5. The van der Waals surface area contributed by atoms with E-state index in [2.05, 4.69) is 86.0 Å². The topological polar surface area (TPSA) is 73.7 Å². The van der Waals surface area contributed by atoms with E-state index in [-0.39, 0.29) is 5.91 Å². The second-order valence-electron chi connectivity index (χ2n) is 8.48. The average Bonchev–Trinajstić information content (AvgIpc) is 3.53. The summed E-state index contributed by atoms with van der Waals surface area (Å²) in [4.78, 5) is 20.1. The lowest BCUT2D eigenvalue weighted by atomic mass is 10.0. The summed E-state index contributed by atoms with van der Waals surface area (Å²) in [6.07, 6.45) is 3.78. The number of imidazole rings is 1. The van der Waals surface area contributed by atoms with E-state index in [0.29, 0.717) is 6.54 Å². The van der Waals surface area contributed by atoms with Crippen molar-refractivity contribution in [2.45, 2.75) is 25.3 Å². The molecule has 3 heterocycles. The lowest BCUT2D eigenvalue weighted by Gasteiger charge is -2.17. The normalized spacial score (nSPS) is 12.8. The number of pyridine rings is 1. The van der Waals surface area contributed by atoms with Crippen LogP contribution in [0.5, 0.6) is 0 Å². The van der Waals surface area contributed by atoms with Crippen LogP contribution >= 0.6 is 11.9 Å². The van der Waals surface area contributed by atoms with Gasteiger partial charge in [0.1, 0.15) is 0 Å². The molecule has 0 atom stereocenters. The van der Waals surface area contributed by atoms with Crippen LogP contribution in [0.1, 0.15) is 29.8 Å². The third-order valence-electron chi connectivity index (χ3n) is 6.38. The van der Waals surface area contributed by atoms with Crippen molar-refractivity contribution in [2.75, 3.05) is 31.5 Å². The molecular weight excluding hydrogens is 456 g/mol. The second-order valence-corrected chi connectivity index (χ2v) is 9.44. The number of nitrogens with one attached hydrogen (secondary N) is 3. The van der Waals surface area contributed by atoms with Gasteiger partial charge in [-0.25, -0.2) is 4.98 Å². The molecule has 7 nitrogen and oxygen atoms in total. The van der Waals surface area contributed by atoms with Crippen LogP contribution in [0.4, 0.5) is 11.4 Å². The molecule has 35 heavy (non-hydrogen) atoms. The van der Waals surface area contributed by atoms with Gasteiger partial charge in [0.2, 0.25) is 0 Å². The van der Waals surface area contributed by atoms with Gasteiger partial charge >= 0.3 is 0 Å². The summed E-state index contributed by atoms with van der Waals surface area (Å²) in [7, 11) is 0. The Kier molecular flexibility index (Phi) is 7.03. The number of hydrogen-bond donors (Lipinski definition) is 3. The molecule has 1 aliphatic heterocycles. The maximum absolute atomic E-state index is 11.9. The summed E-state index contributed by atoms with van der Waals surface area (Å²) < 4.78 is 5.53. The summed E-state index contributed by atoms with van der Waals surface area (Å²) in [5, 5.41) is 6.39. The van der Waals surface area contributed by atoms with Crippen molar-refractivity contribution in [2.24, 2.45) is 0 Å². The molecule has 4 aromatic rings. The van der Waals surface area contributed by atoms with Gasteiger partial charge < -0.3 is 15.5 Å². The van der Waals surface area contributed by atoms with Crippen molar-refractivity contribution in [3.63, 3.8) is 0 Å². The van der Waals surface area contributed by atoms with Crippen molar-refractivity contribution in [3.8, 4) is 11.3 Å². The summed E-state index contributed by atoms with van der Waals surface area (Å²) in [6.45, 7) is 9.14. The molecule has 3 N–H and O–H groups in total. The predicted octanol–water partition coefficient (Wildman–Crippen LogP) is 4.93. The number of benzene rings is 2. The molecule has 180 valence electrons. The van der Waals surface area contributed by atoms with E-state index in [1.54, 1.807) is 11.9 Å². The number of amides is 1. The van der Waals surface area contributed by atoms with Crippen LogP contribution in [-0.2, 0) is 6.54 Å². The summed E-state index contributed by atoms with van der Waals surface area (Å²) in [6, 6.07) is 18.6. The van der Waals surface area contributed by atoms with E-state index in [1.165, 1.54) is 4.90 Å². The monoisotopic (exact) mass is 486 g/mol. The zero-order chi connectivity index (χ0) is 24.2. The first kappa shape index (κ1) is 23.4. The van der Waals surface area contributed by atoms with E-state index in [0.717, 1.165) is 65.6 Å². The van der Waals surface area contributed by atoms with Crippen molar-refractivity contribution in [3.05, 3.63) is 78.1 Å². The quantitative estimate of drug-likeness (QED) is 0.218. The minimum absolute atomic E-state index is 0.00120. The van der Waals surface area contributed by atoms with Gasteiger partial charge in [-0.15, -0.1) is 0 Å². The molecule has 0 bridgehead atoms. The Morgan fingerprint density at radius 1 is 1.09 bits per heavy atom. The van der Waals surface area contributed by atoms with Crippen LogP contribution in [-0.4, -0.2) is 46.4 Å². The fourth-order valence-corrected chi connectivity index (χ4v) is 5.01. The molecule has 0 aliphatic carbocycles. The van der Waals surface area contributed by atoms with E-state index in [9.17, 15) is 4.79 Å². The summed E-state index contributed by atoms with van der Waals surface area (Å²) >= 11 is 1.66. The zero-order valence-corrected chi connectivity index (χ0v) is 20.9. The number of hydrogen-bond acceptors (Lipinski definition) is 6. The molecule has 2 aromatic heterocycles. The Bertz CT molecular complexity index is 1330. The SMILES string of the molecule is CCN(CC)CCNSc1ccc(Nc2ccc(-c3ccc4c(c3)CNC4=O)n3ccnc23)cc1. The molecule has 2 aromatic carbocycles. The lowest BCUT2D eigenvalue weighted by Crippen LogP contribution is -2.29. The van der Waals surface area contributed by atoms with Gasteiger partial charge in [0.15, 0.2) is 5.65 Å². The highest BCUT2D eigenvalue weighted by Crippen LogP contribution is 2.30. The molecule has 0 saturated carbocycles. The van der Waals surface area contributed by atoms with Crippen LogP contribution in [0.3, 0.4) is 0 Å². The minimum atomic E-state index is -0.00120. The van der Waals surface area contributed by atoms with Crippen LogP contribution in [0.25, 0.3) is 16.9 Å². The number of likely N-dealkylation sites (N-methyl/N-ethyl adjacent to an activating group) is 1. The molecule has 8 heteroatoms. The maximum Gasteiger partial charge on any atom is 0.251 e.